The van der Waals surface area contributed by atoms with Crippen LogP contribution in [0.4, 0.5) is 0 Å². The minimum atomic E-state index is -0.557. The molecule has 0 aromatic heterocycles. The van der Waals surface area contributed by atoms with E-state index in [1.807, 2.05) is 0 Å². The van der Waals surface area contributed by atoms with Crippen molar-refractivity contribution in [3.05, 3.63) is 59.2 Å². The topological polar surface area (TPSA) is 82.1 Å². The molecule has 0 bridgehead atoms. The number of nitrogens with zero attached hydrogens (tertiary/aromatic N) is 1. The summed E-state index contributed by atoms with van der Waals surface area (Å²) in [5.41, 5.74) is 1.06. The van der Waals surface area contributed by atoms with Crippen molar-refractivity contribution in [2.24, 2.45) is 0 Å². The van der Waals surface area contributed by atoms with Gasteiger partial charge in [0.25, 0.3) is 11.8 Å². The first-order chi connectivity index (χ1) is 12.6. The number of imide groups is 1. The highest BCUT2D eigenvalue weighted by molar-refractivity contribution is 6.21. The van der Waals surface area contributed by atoms with Gasteiger partial charge in [0, 0.05) is 0 Å². The van der Waals surface area contributed by atoms with Crippen molar-refractivity contribution in [1.29, 1.82) is 0 Å². The largest absolute Gasteiger partial charge is 0.486 e. The lowest BCUT2D eigenvalue weighted by molar-refractivity contribution is 0.0420. The average Bonchev–Trinajstić information content (AvgIpc) is 2.92. The molecule has 2 aromatic carbocycles. The number of rotatable bonds is 4. The van der Waals surface area contributed by atoms with E-state index in [9.17, 15) is 14.4 Å². The highest BCUT2D eigenvalue weighted by Crippen LogP contribution is 2.31. The minimum absolute atomic E-state index is 0.00262. The van der Waals surface area contributed by atoms with Crippen LogP contribution in [0.25, 0.3) is 0 Å². The second-order valence-electron chi connectivity index (χ2n) is 5.80. The van der Waals surface area contributed by atoms with Crippen molar-refractivity contribution >= 4 is 17.8 Å². The quantitative estimate of drug-likeness (QED) is 0.617. The Morgan fingerprint density at radius 3 is 2.31 bits per heavy atom. The molecule has 0 unspecified atom stereocenters. The van der Waals surface area contributed by atoms with Gasteiger partial charge in [0.15, 0.2) is 11.5 Å². The number of hydrogen-bond acceptors (Lipinski definition) is 6. The molecular formula is C19H15NO6. The van der Waals surface area contributed by atoms with Gasteiger partial charge in [0.05, 0.1) is 23.2 Å². The SMILES string of the molecule is O=C(OCCN1C(=O)c2ccccc2C1=O)c1ccc2c(c1)OCCO2. The zero-order valence-corrected chi connectivity index (χ0v) is 13.8. The fourth-order valence-electron chi connectivity index (χ4n) is 2.93. The van der Waals surface area contributed by atoms with E-state index >= 15 is 0 Å². The Morgan fingerprint density at radius 1 is 0.962 bits per heavy atom. The average molecular weight is 353 g/mol. The molecule has 2 amide bonds. The monoisotopic (exact) mass is 353 g/mol. The number of amides is 2. The summed E-state index contributed by atoms with van der Waals surface area (Å²) in [7, 11) is 0. The zero-order chi connectivity index (χ0) is 18.1. The molecule has 2 aliphatic rings. The van der Waals surface area contributed by atoms with Gasteiger partial charge in [0.1, 0.15) is 19.8 Å². The minimum Gasteiger partial charge on any atom is -0.486 e. The Labute approximate surface area is 149 Å². The molecule has 0 atom stereocenters. The Balaban J connectivity index is 1.37. The molecule has 0 saturated carbocycles. The van der Waals surface area contributed by atoms with Crippen LogP contribution < -0.4 is 9.47 Å². The Morgan fingerprint density at radius 2 is 1.62 bits per heavy atom. The molecule has 2 aromatic rings. The molecule has 2 aliphatic heterocycles. The van der Waals surface area contributed by atoms with Crippen molar-refractivity contribution in [2.75, 3.05) is 26.4 Å². The first-order valence-electron chi connectivity index (χ1n) is 8.17. The van der Waals surface area contributed by atoms with Gasteiger partial charge in [-0.15, -0.1) is 0 Å². The number of benzene rings is 2. The lowest BCUT2D eigenvalue weighted by atomic mass is 10.1. The summed E-state index contributed by atoms with van der Waals surface area (Å²) in [6.45, 7) is 0.809. The number of fused-ring (bicyclic) bond motifs is 2. The van der Waals surface area contributed by atoms with E-state index in [0.29, 0.717) is 41.4 Å². The Hall–Kier alpha value is -3.35. The van der Waals surface area contributed by atoms with E-state index in [4.69, 9.17) is 14.2 Å². The Bertz CT molecular complexity index is 872. The van der Waals surface area contributed by atoms with Crippen LogP contribution in [-0.2, 0) is 4.74 Å². The second-order valence-corrected chi connectivity index (χ2v) is 5.80. The summed E-state index contributed by atoms with van der Waals surface area (Å²) in [6.07, 6.45) is 0. The molecule has 0 saturated heterocycles. The fraction of sp³-hybridized carbons (Fsp3) is 0.211. The molecule has 7 nitrogen and oxygen atoms in total. The van der Waals surface area contributed by atoms with E-state index in [1.54, 1.807) is 42.5 Å². The molecule has 0 spiro atoms. The van der Waals surface area contributed by atoms with E-state index in [-0.39, 0.29) is 25.0 Å². The lowest BCUT2D eigenvalue weighted by Crippen LogP contribution is -2.33. The van der Waals surface area contributed by atoms with Crippen LogP contribution in [0.15, 0.2) is 42.5 Å². The fourth-order valence-corrected chi connectivity index (χ4v) is 2.93. The van der Waals surface area contributed by atoms with Crippen molar-refractivity contribution in [3.8, 4) is 11.5 Å². The van der Waals surface area contributed by atoms with Gasteiger partial charge >= 0.3 is 5.97 Å². The second kappa shape index (κ2) is 6.51. The maximum atomic E-state index is 12.2. The van der Waals surface area contributed by atoms with Gasteiger partial charge in [-0.3, -0.25) is 14.5 Å². The van der Waals surface area contributed by atoms with Crippen LogP contribution in [-0.4, -0.2) is 49.0 Å². The first kappa shape index (κ1) is 16.1. The van der Waals surface area contributed by atoms with Gasteiger partial charge in [-0.05, 0) is 30.3 Å². The van der Waals surface area contributed by atoms with Gasteiger partial charge < -0.3 is 14.2 Å². The van der Waals surface area contributed by atoms with E-state index in [1.165, 1.54) is 0 Å². The third-order valence-corrected chi connectivity index (χ3v) is 4.20. The molecule has 0 radical (unpaired) electrons. The normalized spacial score (nSPS) is 15.0. The molecule has 26 heavy (non-hydrogen) atoms. The molecule has 132 valence electrons. The molecule has 0 aliphatic carbocycles. The summed E-state index contributed by atoms with van der Waals surface area (Å²) in [6, 6.07) is 11.4. The highest BCUT2D eigenvalue weighted by atomic mass is 16.6. The summed E-state index contributed by atoms with van der Waals surface area (Å²) < 4.78 is 16.0. The van der Waals surface area contributed by atoms with Gasteiger partial charge in [-0.2, -0.15) is 0 Å². The number of hydrogen-bond donors (Lipinski definition) is 0. The first-order valence-corrected chi connectivity index (χ1v) is 8.17. The third kappa shape index (κ3) is 2.77. The molecular weight excluding hydrogens is 338 g/mol. The van der Waals surface area contributed by atoms with Crippen molar-refractivity contribution in [1.82, 2.24) is 4.90 Å². The van der Waals surface area contributed by atoms with Crippen LogP contribution in [0.3, 0.4) is 0 Å². The van der Waals surface area contributed by atoms with Gasteiger partial charge in [-0.25, -0.2) is 4.79 Å². The van der Waals surface area contributed by atoms with Crippen molar-refractivity contribution in [3.63, 3.8) is 0 Å². The number of ether oxygens (including phenoxy) is 3. The molecule has 2 heterocycles. The smallest absolute Gasteiger partial charge is 0.338 e. The molecule has 0 N–H and O–H groups in total. The maximum absolute atomic E-state index is 12.2. The summed E-state index contributed by atoms with van der Waals surface area (Å²) >= 11 is 0. The van der Waals surface area contributed by atoms with Crippen LogP contribution in [0.1, 0.15) is 31.1 Å². The summed E-state index contributed by atoms with van der Waals surface area (Å²) in [5.74, 6) is -0.231. The molecule has 0 fully saturated rings. The predicted octanol–water partition coefficient (Wildman–Crippen LogP) is 1.91. The highest BCUT2D eigenvalue weighted by Gasteiger charge is 2.34. The summed E-state index contributed by atoms with van der Waals surface area (Å²) in [4.78, 5) is 37.8. The standard InChI is InChI=1S/C19H15NO6/c21-17-13-3-1-2-4-14(13)18(22)20(17)7-8-26-19(23)12-5-6-15-16(11-12)25-10-9-24-15/h1-6,11H,7-10H2. The molecule has 7 heteroatoms. The number of esters is 1. The summed E-state index contributed by atoms with van der Waals surface area (Å²) in [5, 5.41) is 0. The van der Waals surface area contributed by atoms with Gasteiger partial charge in [-0.1, -0.05) is 12.1 Å². The zero-order valence-electron chi connectivity index (χ0n) is 13.8. The van der Waals surface area contributed by atoms with Crippen LogP contribution in [0, 0.1) is 0 Å². The van der Waals surface area contributed by atoms with Crippen LogP contribution >= 0.6 is 0 Å². The van der Waals surface area contributed by atoms with E-state index in [2.05, 4.69) is 0 Å². The maximum Gasteiger partial charge on any atom is 0.338 e. The van der Waals surface area contributed by atoms with Crippen molar-refractivity contribution in [2.45, 2.75) is 0 Å². The molecule has 4 rings (SSSR count). The Kier molecular flexibility index (Phi) is 4.04. The third-order valence-electron chi connectivity index (χ3n) is 4.20. The lowest BCUT2D eigenvalue weighted by Gasteiger charge is -2.18. The number of carbonyl (C=O) groups excluding carboxylic acids is 3. The van der Waals surface area contributed by atoms with Crippen LogP contribution in [0.5, 0.6) is 11.5 Å². The van der Waals surface area contributed by atoms with E-state index in [0.717, 1.165) is 4.90 Å². The van der Waals surface area contributed by atoms with Gasteiger partial charge in [0.2, 0.25) is 0 Å². The van der Waals surface area contributed by atoms with Crippen molar-refractivity contribution < 1.29 is 28.6 Å². The van der Waals surface area contributed by atoms with E-state index < -0.39 is 5.97 Å². The van der Waals surface area contributed by atoms with Crippen LogP contribution in [0.2, 0.25) is 0 Å². The number of carbonyl (C=O) groups is 3. The predicted molar refractivity (Wildman–Crippen MR) is 89.5 cm³/mol.